The van der Waals surface area contributed by atoms with Gasteiger partial charge in [-0.25, -0.2) is 0 Å². The molecule has 1 heteroatoms. The number of rotatable bonds is 0. The van der Waals surface area contributed by atoms with Crippen molar-refractivity contribution in [3.63, 3.8) is 0 Å². The summed E-state index contributed by atoms with van der Waals surface area (Å²) in [6, 6.07) is 0. The zero-order valence-electron chi connectivity index (χ0n) is 3.95. The van der Waals surface area contributed by atoms with Crippen molar-refractivity contribution < 1.29 is 0 Å². The molecule has 0 saturated heterocycles. The summed E-state index contributed by atoms with van der Waals surface area (Å²) in [5.74, 6) is 5.14. The van der Waals surface area contributed by atoms with Crippen LogP contribution in [0, 0.1) is 11.8 Å². The van der Waals surface area contributed by atoms with Crippen molar-refractivity contribution in [3.05, 3.63) is 0 Å². The minimum Gasteiger partial charge on any atom is -0.277 e. The Balaban J connectivity index is 3.24. The molecular weight excluding hydrogens is 74.1 g/mol. The Bertz CT molecular complexity index is 92.2. The molecule has 31 valence electrons. The van der Waals surface area contributed by atoms with Gasteiger partial charge in [0.1, 0.15) is 6.21 Å². The lowest BCUT2D eigenvalue weighted by Crippen LogP contribution is -1.57. The molecule has 0 aromatic carbocycles. The highest BCUT2D eigenvalue weighted by Gasteiger charge is 1.48. The number of hydrogen-bond acceptors (Lipinski definition) is 1. The Morgan fingerprint density at radius 3 is 2.33 bits per heavy atom. The van der Waals surface area contributed by atoms with E-state index >= 15 is 0 Å². The van der Waals surface area contributed by atoms with Gasteiger partial charge in [0.05, 0.1) is 0 Å². The Morgan fingerprint density at radius 2 is 2.17 bits per heavy atom. The van der Waals surface area contributed by atoms with E-state index in [9.17, 15) is 0 Å². The maximum absolute atomic E-state index is 3.50. The summed E-state index contributed by atoms with van der Waals surface area (Å²) in [7, 11) is 1.64. The predicted octanol–water partition coefficient (Wildman–Crippen LogP) is 0.587. The lowest BCUT2D eigenvalue weighted by Gasteiger charge is -1.55. The SMILES string of the molecule is CC#C/[C]=N/C. The highest BCUT2D eigenvalue weighted by molar-refractivity contribution is 5.77. The van der Waals surface area contributed by atoms with Crippen LogP contribution in [0.15, 0.2) is 4.99 Å². The molecule has 0 fully saturated rings. The van der Waals surface area contributed by atoms with E-state index < -0.39 is 0 Å². The minimum atomic E-state index is 1.64. The van der Waals surface area contributed by atoms with Crippen molar-refractivity contribution in [1.82, 2.24) is 0 Å². The first kappa shape index (κ1) is 5.23. The summed E-state index contributed by atoms with van der Waals surface area (Å²) in [4.78, 5) is 3.50. The molecule has 0 unspecified atom stereocenters. The lowest BCUT2D eigenvalue weighted by atomic mass is 10.6. The first-order valence-corrected chi connectivity index (χ1v) is 1.67. The van der Waals surface area contributed by atoms with Crippen molar-refractivity contribution in [2.75, 3.05) is 7.05 Å². The van der Waals surface area contributed by atoms with E-state index in [4.69, 9.17) is 0 Å². The second-order valence-corrected chi connectivity index (χ2v) is 0.710. The van der Waals surface area contributed by atoms with E-state index in [0.29, 0.717) is 0 Å². The molecule has 6 heavy (non-hydrogen) atoms. The number of hydrogen-bond donors (Lipinski definition) is 0. The van der Waals surface area contributed by atoms with Gasteiger partial charge in [0.2, 0.25) is 0 Å². The summed E-state index contributed by atoms with van der Waals surface area (Å²) in [6.07, 6.45) is 2.46. The molecule has 0 aliphatic heterocycles. The van der Waals surface area contributed by atoms with Crippen molar-refractivity contribution >= 4 is 6.21 Å². The van der Waals surface area contributed by atoms with Gasteiger partial charge in [-0.1, -0.05) is 5.92 Å². The van der Waals surface area contributed by atoms with Gasteiger partial charge in [-0.2, -0.15) is 0 Å². The van der Waals surface area contributed by atoms with E-state index in [0.717, 1.165) is 0 Å². The average Bonchev–Trinajstić information content (AvgIpc) is 1.61. The summed E-state index contributed by atoms with van der Waals surface area (Å²) < 4.78 is 0. The maximum atomic E-state index is 3.50. The van der Waals surface area contributed by atoms with Crippen molar-refractivity contribution in [2.24, 2.45) is 4.99 Å². The molecule has 1 radical (unpaired) electrons. The summed E-state index contributed by atoms with van der Waals surface area (Å²) in [5, 5.41) is 0. The third kappa shape index (κ3) is 3.23. The molecule has 0 aliphatic carbocycles. The molecule has 0 N–H and O–H groups in total. The standard InChI is InChI=1S/C5H6N/c1-3-4-5-6-2/h1-2H3. The average molecular weight is 80.1 g/mol. The Labute approximate surface area is 38.1 Å². The fourth-order valence-electron chi connectivity index (χ4n) is 0.112. The highest BCUT2D eigenvalue weighted by atomic mass is 14.6. The van der Waals surface area contributed by atoms with Gasteiger partial charge in [-0.05, 0) is 12.8 Å². The first-order valence-electron chi connectivity index (χ1n) is 1.67. The molecule has 0 saturated carbocycles. The van der Waals surface area contributed by atoms with Gasteiger partial charge >= 0.3 is 0 Å². The van der Waals surface area contributed by atoms with Crippen LogP contribution in [-0.4, -0.2) is 13.3 Å². The monoisotopic (exact) mass is 80.1 g/mol. The van der Waals surface area contributed by atoms with E-state index in [2.05, 4.69) is 23.0 Å². The van der Waals surface area contributed by atoms with Crippen LogP contribution in [0.3, 0.4) is 0 Å². The van der Waals surface area contributed by atoms with Crippen molar-refractivity contribution in [3.8, 4) is 11.8 Å². The summed E-state index contributed by atoms with van der Waals surface area (Å²) in [6.45, 7) is 1.75. The van der Waals surface area contributed by atoms with Gasteiger partial charge in [0.25, 0.3) is 0 Å². The zero-order chi connectivity index (χ0) is 4.83. The molecule has 0 atom stereocenters. The Hall–Kier alpha value is -0.770. The van der Waals surface area contributed by atoms with Gasteiger partial charge in [0.15, 0.2) is 0 Å². The van der Waals surface area contributed by atoms with Gasteiger partial charge in [-0.15, -0.1) is 0 Å². The fraction of sp³-hybridized carbons (Fsp3) is 0.400. The quantitative estimate of drug-likeness (QED) is 0.298. The number of aliphatic imine (C=N–C) groups is 1. The van der Waals surface area contributed by atoms with E-state index in [1.54, 1.807) is 14.0 Å². The van der Waals surface area contributed by atoms with Crippen LogP contribution in [0.4, 0.5) is 0 Å². The largest absolute Gasteiger partial charge is 0.277 e. The van der Waals surface area contributed by atoms with Crippen LogP contribution in [-0.2, 0) is 0 Å². The van der Waals surface area contributed by atoms with Crippen LogP contribution in [0.5, 0.6) is 0 Å². The second kappa shape index (κ2) is 4.23. The molecule has 0 spiro atoms. The van der Waals surface area contributed by atoms with Crippen LogP contribution in [0.2, 0.25) is 0 Å². The molecule has 0 aliphatic rings. The fourth-order valence-corrected chi connectivity index (χ4v) is 0.112. The van der Waals surface area contributed by atoms with Crippen LogP contribution >= 0.6 is 0 Å². The van der Waals surface area contributed by atoms with E-state index in [-0.39, 0.29) is 0 Å². The van der Waals surface area contributed by atoms with Gasteiger partial charge < -0.3 is 0 Å². The van der Waals surface area contributed by atoms with Gasteiger partial charge in [0, 0.05) is 7.05 Å². The third-order valence-corrected chi connectivity index (χ3v) is 0.293. The smallest absolute Gasteiger partial charge is 0.141 e. The maximum Gasteiger partial charge on any atom is 0.141 e. The Morgan fingerprint density at radius 1 is 1.50 bits per heavy atom. The molecule has 0 bridgehead atoms. The summed E-state index contributed by atoms with van der Waals surface area (Å²) in [5.41, 5.74) is 0. The third-order valence-electron chi connectivity index (χ3n) is 0.293. The minimum absolute atomic E-state index is 1.64. The molecular formula is C5H6N. The molecule has 0 aromatic rings. The highest BCUT2D eigenvalue weighted by Crippen LogP contribution is 1.47. The van der Waals surface area contributed by atoms with Crippen molar-refractivity contribution in [2.45, 2.75) is 6.92 Å². The lowest BCUT2D eigenvalue weighted by molar-refractivity contribution is 1.48. The van der Waals surface area contributed by atoms with Gasteiger partial charge in [-0.3, -0.25) is 4.99 Å². The van der Waals surface area contributed by atoms with Crippen LogP contribution in [0.25, 0.3) is 0 Å². The molecule has 0 rings (SSSR count). The molecule has 1 nitrogen and oxygen atoms in total. The van der Waals surface area contributed by atoms with Crippen molar-refractivity contribution in [1.29, 1.82) is 0 Å². The van der Waals surface area contributed by atoms with E-state index in [1.807, 2.05) is 0 Å². The normalized spacial score (nSPS) is 7.67. The molecule has 0 aromatic heterocycles. The molecule has 0 amide bonds. The van der Waals surface area contributed by atoms with Crippen LogP contribution < -0.4 is 0 Å². The van der Waals surface area contributed by atoms with Crippen LogP contribution in [0.1, 0.15) is 6.92 Å². The van der Waals surface area contributed by atoms with E-state index in [1.165, 1.54) is 0 Å². The topological polar surface area (TPSA) is 12.4 Å². The first-order chi connectivity index (χ1) is 2.91. The predicted molar refractivity (Wildman–Crippen MR) is 26.8 cm³/mol. The summed E-state index contributed by atoms with van der Waals surface area (Å²) >= 11 is 0. The molecule has 0 heterocycles. The Kier molecular flexibility index (Phi) is 3.69. The second-order valence-electron chi connectivity index (χ2n) is 0.710. The zero-order valence-corrected chi connectivity index (χ0v) is 3.95. The number of nitrogens with zero attached hydrogens (tertiary/aromatic N) is 1.